The largest absolute Gasteiger partial charge is 0.396 e. The summed E-state index contributed by atoms with van der Waals surface area (Å²) in [5.74, 6) is 1.11. The highest BCUT2D eigenvalue weighted by atomic mass is 16.2. The molecule has 0 bridgehead atoms. The van der Waals surface area contributed by atoms with E-state index in [9.17, 15) is 0 Å². The molecule has 4 nitrogen and oxygen atoms in total. The van der Waals surface area contributed by atoms with Gasteiger partial charge in [0.1, 0.15) is 5.82 Å². The van der Waals surface area contributed by atoms with E-state index in [1.807, 2.05) is 12.4 Å². The van der Waals surface area contributed by atoms with Crippen LogP contribution in [0.4, 0.5) is 0 Å². The van der Waals surface area contributed by atoms with E-state index in [0.29, 0.717) is 6.61 Å². The molecule has 0 radical (unpaired) electrons. The number of hydrogen-bond acceptors (Lipinski definition) is 3. The summed E-state index contributed by atoms with van der Waals surface area (Å²) >= 11 is 0. The molecule has 0 aliphatic rings. The molecule has 0 unspecified atom stereocenters. The smallest absolute Gasteiger partial charge is 0.122 e. The van der Waals surface area contributed by atoms with E-state index in [1.165, 1.54) is 0 Å². The van der Waals surface area contributed by atoms with Gasteiger partial charge in [-0.05, 0) is 32.2 Å². The quantitative estimate of drug-likeness (QED) is 0.627. The first kappa shape index (κ1) is 13.2. The Morgan fingerprint density at radius 3 is 3.00 bits per heavy atom. The standard InChI is InChI=1S/C12H23N3O/c1-2-8-15-9-7-14-12(15)11-13-6-4-3-5-10-16/h7,9,13,16H,2-6,8,10-11H2,1H3. The molecule has 0 amide bonds. The van der Waals surface area contributed by atoms with E-state index < -0.39 is 0 Å². The molecule has 0 aliphatic carbocycles. The van der Waals surface area contributed by atoms with Gasteiger partial charge in [0.05, 0.1) is 6.54 Å². The van der Waals surface area contributed by atoms with Crippen molar-refractivity contribution in [3.8, 4) is 0 Å². The Balaban J connectivity index is 2.13. The molecule has 0 fully saturated rings. The Hall–Kier alpha value is -0.870. The van der Waals surface area contributed by atoms with Crippen molar-refractivity contribution < 1.29 is 5.11 Å². The van der Waals surface area contributed by atoms with Crippen LogP contribution in [0.3, 0.4) is 0 Å². The SMILES string of the molecule is CCCn1ccnc1CNCCCCCO. The number of hydrogen-bond donors (Lipinski definition) is 2. The average molecular weight is 225 g/mol. The molecule has 1 aromatic rings. The minimum absolute atomic E-state index is 0.306. The summed E-state index contributed by atoms with van der Waals surface area (Å²) in [4.78, 5) is 4.33. The monoisotopic (exact) mass is 225 g/mol. The molecular weight excluding hydrogens is 202 g/mol. The van der Waals surface area contributed by atoms with Gasteiger partial charge in [-0.1, -0.05) is 6.92 Å². The Morgan fingerprint density at radius 2 is 2.25 bits per heavy atom. The fraction of sp³-hybridized carbons (Fsp3) is 0.750. The summed E-state index contributed by atoms with van der Waals surface area (Å²) in [6.45, 7) is 5.36. The van der Waals surface area contributed by atoms with Gasteiger partial charge in [0, 0.05) is 25.5 Å². The molecule has 16 heavy (non-hydrogen) atoms. The normalized spacial score (nSPS) is 10.9. The summed E-state index contributed by atoms with van der Waals surface area (Å²) in [5, 5.41) is 12.0. The molecule has 0 spiro atoms. The van der Waals surface area contributed by atoms with Gasteiger partial charge in [0.2, 0.25) is 0 Å². The van der Waals surface area contributed by atoms with Crippen molar-refractivity contribution in [2.24, 2.45) is 0 Å². The second-order valence-electron chi connectivity index (χ2n) is 4.00. The van der Waals surface area contributed by atoms with E-state index in [4.69, 9.17) is 5.11 Å². The number of nitrogens with one attached hydrogen (secondary N) is 1. The Kier molecular flexibility index (Phi) is 6.85. The molecule has 0 saturated heterocycles. The topological polar surface area (TPSA) is 50.1 Å². The van der Waals surface area contributed by atoms with E-state index in [2.05, 4.69) is 21.8 Å². The van der Waals surface area contributed by atoms with Crippen molar-refractivity contribution in [3.63, 3.8) is 0 Å². The van der Waals surface area contributed by atoms with E-state index in [1.54, 1.807) is 0 Å². The van der Waals surface area contributed by atoms with Gasteiger partial charge >= 0.3 is 0 Å². The van der Waals surface area contributed by atoms with Crippen LogP contribution in [0.5, 0.6) is 0 Å². The lowest BCUT2D eigenvalue weighted by molar-refractivity contribution is 0.283. The second-order valence-corrected chi connectivity index (χ2v) is 4.00. The highest BCUT2D eigenvalue weighted by molar-refractivity contribution is 4.91. The van der Waals surface area contributed by atoms with E-state index in [0.717, 1.165) is 51.1 Å². The number of aromatic nitrogens is 2. The summed E-state index contributed by atoms with van der Waals surface area (Å²) in [5.41, 5.74) is 0. The van der Waals surface area contributed by atoms with Crippen LogP contribution in [0, 0.1) is 0 Å². The Labute approximate surface area is 97.7 Å². The second kappa shape index (κ2) is 8.30. The highest BCUT2D eigenvalue weighted by Crippen LogP contribution is 1.99. The summed E-state index contributed by atoms with van der Waals surface area (Å²) in [6.07, 6.45) is 8.15. The molecule has 1 rings (SSSR count). The first-order chi connectivity index (χ1) is 7.88. The fourth-order valence-electron chi connectivity index (χ4n) is 1.69. The van der Waals surface area contributed by atoms with Gasteiger partial charge in [-0.25, -0.2) is 4.98 Å². The number of rotatable bonds is 9. The third-order valence-electron chi connectivity index (χ3n) is 2.56. The van der Waals surface area contributed by atoms with Crippen molar-refractivity contribution >= 4 is 0 Å². The molecule has 1 heterocycles. The maximum absolute atomic E-state index is 8.63. The minimum Gasteiger partial charge on any atom is -0.396 e. The van der Waals surface area contributed by atoms with Crippen molar-refractivity contribution in [3.05, 3.63) is 18.2 Å². The summed E-state index contributed by atoms with van der Waals surface area (Å²) in [6, 6.07) is 0. The molecule has 0 aliphatic heterocycles. The zero-order valence-corrected chi connectivity index (χ0v) is 10.2. The van der Waals surface area contributed by atoms with E-state index in [-0.39, 0.29) is 0 Å². The lowest BCUT2D eigenvalue weighted by Gasteiger charge is -2.07. The average Bonchev–Trinajstić information content (AvgIpc) is 2.72. The minimum atomic E-state index is 0.306. The van der Waals surface area contributed by atoms with Gasteiger partial charge in [-0.3, -0.25) is 0 Å². The number of imidazole rings is 1. The summed E-state index contributed by atoms with van der Waals surface area (Å²) < 4.78 is 2.20. The number of aliphatic hydroxyl groups is 1. The first-order valence-corrected chi connectivity index (χ1v) is 6.20. The molecule has 0 saturated carbocycles. The Bertz CT molecular complexity index is 273. The molecule has 0 atom stereocenters. The van der Waals surface area contributed by atoms with Crippen molar-refractivity contribution in [1.82, 2.24) is 14.9 Å². The number of unbranched alkanes of at least 4 members (excludes halogenated alkanes) is 2. The molecule has 92 valence electrons. The molecule has 4 heteroatoms. The lowest BCUT2D eigenvalue weighted by atomic mass is 10.2. The van der Waals surface area contributed by atoms with Crippen LogP contribution in [0.15, 0.2) is 12.4 Å². The van der Waals surface area contributed by atoms with Crippen molar-refractivity contribution in [2.45, 2.75) is 45.7 Å². The number of aliphatic hydroxyl groups excluding tert-OH is 1. The molecular formula is C12H23N3O. The van der Waals surface area contributed by atoms with Gasteiger partial charge in [-0.2, -0.15) is 0 Å². The van der Waals surface area contributed by atoms with Gasteiger partial charge in [0.25, 0.3) is 0 Å². The zero-order chi connectivity index (χ0) is 11.6. The highest BCUT2D eigenvalue weighted by Gasteiger charge is 2.00. The predicted molar refractivity (Wildman–Crippen MR) is 65.2 cm³/mol. The van der Waals surface area contributed by atoms with Gasteiger partial charge in [-0.15, -0.1) is 0 Å². The number of aryl methyl sites for hydroxylation is 1. The van der Waals surface area contributed by atoms with Crippen LogP contribution in [-0.2, 0) is 13.1 Å². The maximum Gasteiger partial charge on any atom is 0.122 e. The predicted octanol–water partition coefficient (Wildman–Crippen LogP) is 1.55. The van der Waals surface area contributed by atoms with Crippen molar-refractivity contribution in [1.29, 1.82) is 0 Å². The third-order valence-corrected chi connectivity index (χ3v) is 2.56. The van der Waals surface area contributed by atoms with Crippen LogP contribution in [0.25, 0.3) is 0 Å². The molecule has 1 aromatic heterocycles. The Morgan fingerprint density at radius 1 is 1.38 bits per heavy atom. The third kappa shape index (κ3) is 4.77. The van der Waals surface area contributed by atoms with Crippen LogP contribution < -0.4 is 5.32 Å². The zero-order valence-electron chi connectivity index (χ0n) is 10.2. The van der Waals surface area contributed by atoms with Crippen LogP contribution in [0.1, 0.15) is 38.4 Å². The van der Waals surface area contributed by atoms with E-state index >= 15 is 0 Å². The molecule has 2 N–H and O–H groups in total. The van der Waals surface area contributed by atoms with Gasteiger partial charge < -0.3 is 15.0 Å². The fourth-order valence-corrected chi connectivity index (χ4v) is 1.69. The first-order valence-electron chi connectivity index (χ1n) is 6.20. The molecule has 0 aromatic carbocycles. The number of nitrogens with zero attached hydrogens (tertiary/aromatic N) is 2. The maximum atomic E-state index is 8.63. The van der Waals surface area contributed by atoms with Crippen LogP contribution in [-0.4, -0.2) is 27.8 Å². The summed E-state index contributed by atoms with van der Waals surface area (Å²) in [7, 11) is 0. The van der Waals surface area contributed by atoms with Crippen molar-refractivity contribution in [2.75, 3.05) is 13.2 Å². The van der Waals surface area contributed by atoms with Crippen LogP contribution >= 0.6 is 0 Å². The van der Waals surface area contributed by atoms with Crippen LogP contribution in [0.2, 0.25) is 0 Å². The lowest BCUT2D eigenvalue weighted by Crippen LogP contribution is -2.18. The van der Waals surface area contributed by atoms with Gasteiger partial charge in [0.15, 0.2) is 0 Å².